The molecule has 0 amide bonds. The fraction of sp³-hybridized carbons (Fsp3) is 0.500. The summed E-state index contributed by atoms with van der Waals surface area (Å²) < 4.78 is 0. The Morgan fingerprint density at radius 2 is 2.33 bits per heavy atom. The third kappa shape index (κ3) is 2.87. The Morgan fingerprint density at radius 1 is 1.78 bits per heavy atom. The van der Waals surface area contributed by atoms with Gasteiger partial charge in [-0.2, -0.15) is 0 Å². The van der Waals surface area contributed by atoms with Gasteiger partial charge < -0.3 is 10.8 Å². The lowest BCUT2D eigenvalue weighted by molar-refractivity contribution is -0.132. The van der Waals surface area contributed by atoms with Gasteiger partial charge in [-0.25, -0.2) is 4.79 Å². The van der Waals surface area contributed by atoms with E-state index in [4.69, 9.17) is 10.8 Å². The smallest absolute Gasteiger partial charge is 0.331 e. The van der Waals surface area contributed by atoms with Crippen molar-refractivity contribution in [3.05, 3.63) is 11.6 Å². The molecule has 0 saturated heterocycles. The van der Waals surface area contributed by atoms with Gasteiger partial charge in [0.1, 0.15) is 0 Å². The van der Waals surface area contributed by atoms with E-state index < -0.39 is 5.97 Å². The van der Waals surface area contributed by atoms with Crippen LogP contribution in [-0.2, 0) is 4.79 Å². The van der Waals surface area contributed by atoms with Crippen LogP contribution >= 0.6 is 0 Å². The summed E-state index contributed by atoms with van der Waals surface area (Å²) >= 11 is 0. The first-order valence-corrected chi connectivity index (χ1v) is 2.84. The van der Waals surface area contributed by atoms with E-state index in [0.717, 1.165) is 0 Å². The maximum Gasteiger partial charge on any atom is 0.331 e. The van der Waals surface area contributed by atoms with Gasteiger partial charge in [0.25, 0.3) is 0 Å². The zero-order chi connectivity index (χ0) is 7.28. The van der Waals surface area contributed by atoms with Crippen molar-refractivity contribution in [1.82, 2.24) is 0 Å². The lowest BCUT2D eigenvalue weighted by atomic mass is 10.2. The van der Waals surface area contributed by atoms with Gasteiger partial charge in [-0.3, -0.25) is 0 Å². The maximum absolute atomic E-state index is 10.2. The second kappa shape index (κ2) is 4.09. The molecule has 0 heterocycles. The zero-order valence-corrected chi connectivity index (χ0v) is 5.42. The fourth-order valence-corrected chi connectivity index (χ4v) is 0.525. The fourth-order valence-electron chi connectivity index (χ4n) is 0.525. The van der Waals surface area contributed by atoms with Gasteiger partial charge in [0.05, 0.1) is 0 Å². The van der Waals surface area contributed by atoms with E-state index >= 15 is 0 Å². The van der Waals surface area contributed by atoms with Crippen molar-refractivity contribution in [3.8, 4) is 0 Å². The Kier molecular flexibility index (Phi) is 3.71. The molecule has 3 heteroatoms. The summed E-state index contributed by atoms with van der Waals surface area (Å²) in [4.78, 5) is 10.2. The molecular formula is C6H11NO2. The highest BCUT2D eigenvalue weighted by Crippen LogP contribution is 1.97. The molecule has 3 nitrogen and oxygen atoms in total. The maximum atomic E-state index is 10.2. The number of hydrogen-bond donors (Lipinski definition) is 2. The number of aliphatic carboxylic acids is 1. The van der Waals surface area contributed by atoms with Crippen molar-refractivity contribution in [3.63, 3.8) is 0 Å². The van der Waals surface area contributed by atoms with Crippen molar-refractivity contribution in [1.29, 1.82) is 0 Å². The molecule has 0 spiro atoms. The van der Waals surface area contributed by atoms with Crippen LogP contribution in [0.4, 0.5) is 0 Å². The average molecular weight is 129 g/mol. The quantitative estimate of drug-likeness (QED) is 0.541. The van der Waals surface area contributed by atoms with Crippen LogP contribution in [0.5, 0.6) is 0 Å². The van der Waals surface area contributed by atoms with Crippen LogP contribution in [0.15, 0.2) is 11.6 Å². The second-order valence-corrected chi connectivity index (χ2v) is 1.62. The third-order valence-corrected chi connectivity index (χ3v) is 1.02. The van der Waals surface area contributed by atoms with Crippen LogP contribution in [0.25, 0.3) is 0 Å². The lowest BCUT2D eigenvalue weighted by Gasteiger charge is -1.93. The Bertz CT molecular complexity index is 129. The van der Waals surface area contributed by atoms with Crippen LogP contribution in [0.1, 0.15) is 13.3 Å². The summed E-state index contributed by atoms with van der Waals surface area (Å²) in [6, 6.07) is 0. The van der Waals surface area contributed by atoms with Gasteiger partial charge >= 0.3 is 5.97 Å². The van der Waals surface area contributed by atoms with E-state index in [-0.39, 0.29) is 0 Å². The van der Waals surface area contributed by atoms with E-state index in [0.29, 0.717) is 18.5 Å². The molecule has 0 aromatic rings. The van der Waals surface area contributed by atoms with Gasteiger partial charge in [0.15, 0.2) is 0 Å². The van der Waals surface area contributed by atoms with Gasteiger partial charge in [-0.15, -0.1) is 0 Å². The molecule has 0 radical (unpaired) electrons. The largest absolute Gasteiger partial charge is 0.478 e. The standard InChI is InChI=1S/C6H11NO2/c1-2-5(3-4-7)6(8)9/h3H,2,4,7H2,1H3,(H,8,9)/b5-3-. The molecule has 0 atom stereocenters. The topological polar surface area (TPSA) is 63.3 Å². The molecule has 0 fully saturated rings. The third-order valence-electron chi connectivity index (χ3n) is 1.02. The Morgan fingerprint density at radius 3 is 2.44 bits per heavy atom. The summed E-state index contributed by atoms with van der Waals surface area (Å²) in [7, 11) is 0. The van der Waals surface area contributed by atoms with Gasteiger partial charge in [-0.1, -0.05) is 13.0 Å². The molecule has 0 bridgehead atoms. The van der Waals surface area contributed by atoms with Crippen LogP contribution in [-0.4, -0.2) is 17.6 Å². The van der Waals surface area contributed by atoms with Crippen LogP contribution in [0.3, 0.4) is 0 Å². The van der Waals surface area contributed by atoms with Crippen molar-refractivity contribution in [2.24, 2.45) is 5.73 Å². The highest BCUT2D eigenvalue weighted by atomic mass is 16.4. The van der Waals surface area contributed by atoms with Crippen molar-refractivity contribution in [2.75, 3.05) is 6.54 Å². The van der Waals surface area contributed by atoms with Gasteiger partial charge in [-0.05, 0) is 6.42 Å². The number of rotatable bonds is 3. The Hall–Kier alpha value is -0.830. The first-order valence-electron chi connectivity index (χ1n) is 2.84. The predicted octanol–water partition coefficient (Wildman–Crippen LogP) is 0.366. The first kappa shape index (κ1) is 8.17. The Balaban J connectivity index is 3.98. The summed E-state index contributed by atoms with van der Waals surface area (Å²) in [6.45, 7) is 2.09. The minimum absolute atomic E-state index is 0.301. The normalized spacial score (nSPS) is 11.6. The predicted molar refractivity (Wildman–Crippen MR) is 35.1 cm³/mol. The van der Waals surface area contributed by atoms with E-state index in [2.05, 4.69) is 0 Å². The SMILES string of the molecule is CC/C(=C/CN)C(=O)O. The first-order chi connectivity index (χ1) is 4.22. The summed E-state index contributed by atoms with van der Waals surface area (Å²) in [5.74, 6) is -0.872. The Labute approximate surface area is 54.2 Å². The minimum atomic E-state index is -0.872. The molecule has 9 heavy (non-hydrogen) atoms. The number of carbonyl (C=O) groups is 1. The molecule has 0 aliphatic carbocycles. The average Bonchev–Trinajstić information content (AvgIpc) is 1.82. The summed E-state index contributed by atoms with van der Waals surface area (Å²) in [5.41, 5.74) is 5.49. The van der Waals surface area contributed by atoms with E-state index in [1.165, 1.54) is 6.08 Å². The van der Waals surface area contributed by atoms with Crippen LogP contribution < -0.4 is 5.73 Å². The molecule has 3 N–H and O–H groups in total. The van der Waals surface area contributed by atoms with E-state index in [1.807, 2.05) is 0 Å². The monoisotopic (exact) mass is 129 g/mol. The van der Waals surface area contributed by atoms with E-state index in [1.54, 1.807) is 6.92 Å². The van der Waals surface area contributed by atoms with E-state index in [9.17, 15) is 4.79 Å². The molecule has 0 aliphatic heterocycles. The number of hydrogen-bond acceptors (Lipinski definition) is 2. The number of carboxylic acids is 1. The van der Waals surface area contributed by atoms with Gasteiger partial charge in [0, 0.05) is 12.1 Å². The summed E-state index contributed by atoms with van der Waals surface area (Å²) in [5, 5.41) is 8.38. The molecule has 0 saturated carbocycles. The molecule has 0 aliphatic rings. The zero-order valence-electron chi connectivity index (χ0n) is 5.42. The minimum Gasteiger partial charge on any atom is -0.478 e. The highest BCUT2D eigenvalue weighted by molar-refractivity contribution is 5.86. The van der Waals surface area contributed by atoms with Crippen LogP contribution in [0, 0.1) is 0 Å². The van der Waals surface area contributed by atoms with Crippen molar-refractivity contribution in [2.45, 2.75) is 13.3 Å². The number of nitrogens with two attached hydrogens (primary N) is 1. The van der Waals surface area contributed by atoms with Crippen molar-refractivity contribution < 1.29 is 9.90 Å². The summed E-state index contributed by atoms with van der Waals surface area (Å²) in [6.07, 6.45) is 2.05. The van der Waals surface area contributed by atoms with Crippen molar-refractivity contribution >= 4 is 5.97 Å². The molecule has 0 unspecified atom stereocenters. The highest BCUT2D eigenvalue weighted by Gasteiger charge is 2.00. The molecule has 0 aromatic heterocycles. The lowest BCUT2D eigenvalue weighted by Crippen LogP contribution is -2.03. The second-order valence-electron chi connectivity index (χ2n) is 1.62. The van der Waals surface area contributed by atoms with Crippen LogP contribution in [0.2, 0.25) is 0 Å². The molecule has 0 aromatic carbocycles. The molecule has 52 valence electrons. The molecular weight excluding hydrogens is 118 g/mol. The molecule has 0 rings (SSSR count). The van der Waals surface area contributed by atoms with Gasteiger partial charge in [0.2, 0.25) is 0 Å². The number of carboxylic acid groups (broad SMARTS) is 1.